The zero-order chi connectivity index (χ0) is 19.8. The average Bonchev–Trinajstić information content (AvgIpc) is 2.68. The molecule has 0 saturated carbocycles. The van der Waals surface area contributed by atoms with E-state index in [4.69, 9.17) is 30.5 Å². The van der Waals surface area contributed by atoms with Gasteiger partial charge < -0.3 is 24.3 Å². The Morgan fingerprint density at radius 3 is 2.41 bits per heavy atom. The summed E-state index contributed by atoms with van der Waals surface area (Å²) in [6.07, 6.45) is 0.190. The van der Waals surface area contributed by atoms with Gasteiger partial charge >= 0.3 is 0 Å². The van der Waals surface area contributed by atoms with Crippen molar-refractivity contribution in [3.05, 3.63) is 46.5 Å². The fourth-order valence-electron chi connectivity index (χ4n) is 2.59. The van der Waals surface area contributed by atoms with Crippen LogP contribution < -0.4 is 24.3 Å². The molecule has 0 fully saturated rings. The third-order valence-electron chi connectivity index (χ3n) is 3.91. The molecule has 0 aliphatic carbocycles. The number of methoxy groups -OCH3 is 3. The maximum atomic E-state index is 12.3. The molecule has 27 heavy (non-hydrogen) atoms. The number of rotatable bonds is 9. The van der Waals surface area contributed by atoms with E-state index >= 15 is 0 Å². The Morgan fingerprint density at radius 2 is 1.78 bits per heavy atom. The van der Waals surface area contributed by atoms with Gasteiger partial charge in [0.25, 0.3) is 0 Å². The number of amides is 1. The fourth-order valence-corrected chi connectivity index (χ4v) is 2.88. The smallest absolute Gasteiger partial charge is 0.224 e. The molecule has 1 amide bonds. The molecular formula is C20H24ClNO5. The Bertz CT molecular complexity index is 794. The average molecular weight is 394 g/mol. The van der Waals surface area contributed by atoms with E-state index in [2.05, 4.69) is 5.32 Å². The van der Waals surface area contributed by atoms with Crippen LogP contribution in [0.15, 0.2) is 30.3 Å². The molecule has 0 saturated heterocycles. The molecule has 0 atom stereocenters. The lowest BCUT2D eigenvalue weighted by molar-refractivity contribution is -0.120. The summed E-state index contributed by atoms with van der Waals surface area (Å²) in [5.74, 6) is 2.18. The Labute approximate surface area is 164 Å². The molecule has 0 aliphatic heterocycles. The lowest BCUT2D eigenvalue weighted by Gasteiger charge is -2.14. The van der Waals surface area contributed by atoms with Crippen LogP contribution in [-0.2, 0) is 17.8 Å². The Kier molecular flexibility index (Phi) is 7.61. The van der Waals surface area contributed by atoms with Gasteiger partial charge in [0, 0.05) is 18.2 Å². The first-order valence-corrected chi connectivity index (χ1v) is 8.87. The number of ether oxygens (including phenoxy) is 4. The molecule has 2 rings (SSSR count). The van der Waals surface area contributed by atoms with Crippen molar-refractivity contribution in [3.8, 4) is 23.0 Å². The van der Waals surface area contributed by atoms with E-state index in [0.717, 1.165) is 11.1 Å². The number of carbonyl (C=O) groups excluding carboxylic acids is 1. The van der Waals surface area contributed by atoms with Gasteiger partial charge in [-0.2, -0.15) is 0 Å². The Morgan fingerprint density at radius 1 is 1.04 bits per heavy atom. The van der Waals surface area contributed by atoms with Crippen molar-refractivity contribution in [1.29, 1.82) is 0 Å². The molecule has 7 heteroatoms. The van der Waals surface area contributed by atoms with Crippen LogP contribution in [0.5, 0.6) is 23.0 Å². The van der Waals surface area contributed by atoms with Crippen LogP contribution in [0.25, 0.3) is 0 Å². The molecule has 0 aliphatic rings. The molecule has 6 nitrogen and oxygen atoms in total. The molecule has 2 aromatic rings. The summed E-state index contributed by atoms with van der Waals surface area (Å²) in [7, 11) is 4.69. The maximum absolute atomic E-state index is 12.3. The second kappa shape index (κ2) is 9.92. The number of nitrogens with one attached hydrogen (secondary N) is 1. The first kappa shape index (κ1) is 20.7. The summed E-state index contributed by atoms with van der Waals surface area (Å²) in [5, 5.41) is 3.32. The number of carbonyl (C=O) groups is 1. The van der Waals surface area contributed by atoms with Crippen molar-refractivity contribution in [2.45, 2.75) is 19.9 Å². The number of hydrogen-bond donors (Lipinski definition) is 1. The fraction of sp³-hybridized carbons (Fsp3) is 0.350. The third-order valence-corrected chi connectivity index (χ3v) is 4.19. The monoisotopic (exact) mass is 393 g/mol. The van der Waals surface area contributed by atoms with Crippen LogP contribution >= 0.6 is 11.6 Å². The van der Waals surface area contributed by atoms with Crippen molar-refractivity contribution < 1.29 is 23.7 Å². The highest BCUT2D eigenvalue weighted by molar-refractivity contribution is 6.32. The van der Waals surface area contributed by atoms with E-state index in [1.54, 1.807) is 45.6 Å². The van der Waals surface area contributed by atoms with Crippen LogP contribution in [0.4, 0.5) is 0 Å². The zero-order valence-corrected chi connectivity index (χ0v) is 16.7. The van der Waals surface area contributed by atoms with E-state index in [9.17, 15) is 4.79 Å². The standard InChI is InChI=1S/C20H24ClNO5/c1-5-27-20-16(21)8-13(9-18(20)26-4)12-22-19(23)10-14-6-7-15(24-2)11-17(14)25-3/h6-9,11H,5,10,12H2,1-4H3,(H,22,23). The van der Waals surface area contributed by atoms with Gasteiger partial charge in [-0.25, -0.2) is 0 Å². The summed E-state index contributed by atoms with van der Waals surface area (Å²) in [4.78, 5) is 12.3. The molecule has 0 bridgehead atoms. The van der Waals surface area contributed by atoms with Crippen molar-refractivity contribution in [1.82, 2.24) is 5.32 Å². The number of benzene rings is 2. The Hall–Kier alpha value is -2.60. The van der Waals surface area contributed by atoms with Crippen molar-refractivity contribution in [2.75, 3.05) is 27.9 Å². The van der Waals surface area contributed by atoms with Crippen LogP contribution in [-0.4, -0.2) is 33.8 Å². The molecule has 0 unspecified atom stereocenters. The van der Waals surface area contributed by atoms with E-state index < -0.39 is 0 Å². The third kappa shape index (κ3) is 5.44. The molecule has 0 spiro atoms. The van der Waals surface area contributed by atoms with Crippen molar-refractivity contribution in [3.63, 3.8) is 0 Å². The summed E-state index contributed by atoms with van der Waals surface area (Å²) in [6, 6.07) is 8.91. The number of halogens is 1. The minimum absolute atomic E-state index is 0.137. The van der Waals surface area contributed by atoms with E-state index in [1.807, 2.05) is 13.0 Å². The lowest BCUT2D eigenvalue weighted by Crippen LogP contribution is -2.24. The van der Waals surface area contributed by atoms with E-state index in [1.165, 1.54) is 0 Å². The second-order valence-electron chi connectivity index (χ2n) is 5.67. The summed E-state index contributed by atoms with van der Waals surface area (Å²) >= 11 is 6.26. The zero-order valence-electron chi connectivity index (χ0n) is 15.9. The minimum atomic E-state index is -0.137. The molecule has 0 radical (unpaired) electrons. The second-order valence-corrected chi connectivity index (χ2v) is 6.08. The summed E-state index contributed by atoms with van der Waals surface area (Å²) in [5.41, 5.74) is 1.59. The van der Waals surface area contributed by atoms with Gasteiger partial charge in [-0.3, -0.25) is 4.79 Å². The first-order chi connectivity index (χ1) is 13.0. The first-order valence-electron chi connectivity index (χ1n) is 8.49. The largest absolute Gasteiger partial charge is 0.497 e. The summed E-state index contributed by atoms with van der Waals surface area (Å²) in [6.45, 7) is 2.67. The van der Waals surface area contributed by atoms with E-state index in [-0.39, 0.29) is 12.3 Å². The van der Waals surface area contributed by atoms with Gasteiger partial charge in [0.15, 0.2) is 11.5 Å². The number of hydrogen-bond acceptors (Lipinski definition) is 5. The van der Waals surface area contributed by atoms with E-state index in [0.29, 0.717) is 41.2 Å². The SMILES string of the molecule is CCOc1c(Cl)cc(CNC(=O)Cc2ccc(OC)cc2OC)cc1OC. The minimum Gasteiger partial charge on any atom is -0.497 e. The predicted octanol–water partition coefficient (Wildman–Crippen LogP) is 3.62. The highest BCUT2D eigenvalue weighted by Gasteiger charge is 2.13. The molecular weight excluding hydrogens is 370 g/mol. The van der Waals surface area contributed by atoms with Crippen molar-refractivity contribution >= 4 is 17.5 Å². The van der Waals surface area contributed by atoms with Gasteiger partial charge in [-0.1, -0.05) is 17.7 Å². The summed E-state index contributed by atoms with van der Waals surface area (Å²) < 4.78 is 21.3. The lowest BCUT2D eigenvalue weighted by atomic mass is 10.1. The van der Waals surface area contributed by atoms with Gasteiger partial charge in [0.05, 0.1) is 39.4 Å². The highest BCUT2D eigenvalue weighted by Crippen LogP contribution is 2.36. The van der Waals surface area contributed by atoms with Gasteiger partial charge in [-0.15, -0.1) is 0 Å². The normalized spacial score (nSPS) is 10.3. The van der Waals surface area contributed by atoms with Crippen LogP contribution in [0, 0.1) is 0 Å². The molecule has 0 aromatic heterocycles. The maximum Gasteiger partial charge on any atom is 0.224 e. The van der Waals surface area contributed by atoms with Gasteiger partial charge in [0.2, 0.25) is 5.91 Å². The van der Waals surface area contributed by atoms with Gasteiger partial charge in [0.1, 0.15) is 11.5 Å². The Balaban J connectivity index is 2.04. The predicted molar refractivity (Wildman–Crippen MR) is 104 cm³/mol. The molecule has 2 aromatic carbocycles. The van der Waals surface area contributed by atoms with Crippen LogP contribution in [0.3, 0.4) is 0 Å². The molecule has 0 heterocycles. The topological polar surface area (TPSA) is 66.0 Å². The van der Waals surface area contributed by atoms with Gasteiger partial charge in [-0.05, 0) is 30.7 Å². The van der Waals surface area contributed by atoms with Crippen LogP contribution in [0.1, 0.15) is 18.1 Å². The molecule has 146 valence electrons. The molecule has 1 N–H and O–H groups in total. The highest BCUT2D eigenvalue weighted by atomic mass is 35.5. The quantitative estimate of drug-likeness (QED) is 0.704. The van der Waals surface area contributed by atoms with Crippen molar-refractivity contribution in [2.24, 2.45) is 0 Å². The van der Waals surface area contributed by atoms with Crippen LogP contribution in [0.2, 0.25) is 5.02 Å².